The second-order valence-electron chi connectivity index (χ2n) is 6.12. The quantitative estimate of drug-likeness (QED) is 0.231. The third kappa shape index (κ3) is 5.85. The first-order valence-electron chi connectivity index (χ1n) is 8.04. The lowest BCUT2D eigenvalue weighted by Gasteiger charge is -2.40. The Labute approximate surface area is 181 Å². The van der Waals surface area contributed by atoms with Gasteiger partial charge in [-0.1, -0.05) is 11.8 Å². The summed E-state index contributed by atoms with van der Waals surface area (Å²) >= 11 is 3.98. The zero-order valence-corrected chi connectivity index (χ0v) is 18.6. The number of hydrogen-bond acceptors (Lipinski definition) is 17. The second-order valence-corrected chi connectivity index (χ2v) is 11.7. The highest BCUT2D eigenvalue weighted by molar-refractivity contribution is 8.09. The molecule has 1 aliphatic heterocycles. The lowest BCUT2D eigenvalue weighted by Crippen LogP contribution is -2.34. The molecule has 180 valence electrons. The number of imidazole rings is 1. The zero-order valence-electron chi connectivity index (χ0n) is 15.1. The number of nitrogens with zero attached hydrogens (tertiary/aromatic N) is 3. The van der Waals surface area contributed by atoms with Gasteiger partial charge in [-0.3, -0.25) is 23.2 Å². The summed E-state index contributed by atoms with van der Waals surface area (Å²) in [4.78, 5) is 65.8. The Bertz CT molecular complexity index is 1210. The van der Waals surface area contributed by atoms with Crippen LogP contribution in [0, 0.1) is 0 Å². The van der Waals surface area contributed by atoms with Gasteiger partial charge in [-0.05, 0) is 0 Å². The van der Waals surface area contributed by atoms with Crippen LogP contribution in [0.1, 0.15) is 6.23 Å². The van der Waals surface area contributed by atoms with Crippen LogP contribution >= 0.6 is 22.4 Å². The molecule has 0 amide bonds. The van der Waals surface area contributed by atoms with Gasteiger partial charge in [-0.15, -0.1) is 0 Å². The van der Waals surface area contributed by atoms with Crippen molar-refractivity contribution >= 4 is 51.3 Å². The number of phosphoric acid groups is 2. The van der Waals surface area contributed by atoms with Crippen molar-refractivity contribution in [3.8, 4) is 0 Å². The third-order valence-corrected chi connectivity index (χ3v) is 8.72. The molecular weight excluding hydrogens is 523 g/mol. The van der Waals surface area contributed by atoms with Gasteiger partial charge in [0, 0.05) is 0 Å². The van der Waals surface area contributed by atoms with E-state index in [9.17, 15) is 43.7 Å². The summed E-state index contributed by atoms with van der Waals surface area (Å²) in [5.74, 6) is -0.280. The topological polar surface area (TPSA) is 293 Å². The molecule has 3 heterocycles. The van der Waals surface area contributed by atoms with E-state index in [-0.39, 0.29) is 17.1 Å². The number of aromatic amines is 1. The molecule has 18 nitrogen and oxygen atoms in total. The van der Waals surface area contributed by atoms with Gasteiger partial charge in [0.1, 0.15) is 25.0 Å². The molecule has 2 aromatic rings. The number of aliphatic hydroxyl groups excluding tert-OH is 2. The fourth-order valence-electron chi connectivity index (χ4n) is 2.67. The Balaban J connectivity index is 1.72. The average Bonchev–Trinajstić information content (AvgIpc) is 3.12. The van der Waals surface area contributed by atoms with Crippen LogP contribution in [0.4, 0.5) is 5.95 Å². The number of fused-ring (bicyclic) bond motifs is 1. The molecular formula is C10H12N5O13P3S-4. The van der Waals surface area contributed by atoms with Gasteiger partial charge in [0.15, 0.2) is 17.4 Å². The summed E-state index contributed by atoms with van der Waals surface area (Å²) in [7, 11) is -11.6. The number of anilines is 1. The second kappa shape index (κ2) is 8.90. The number of ether oxygens (including phenoxy) is 1. The molecule has 6 unspecified atom stereocenters. The maximum atomic E-state index is 11.8. The number of rotatable bonds is 8. The van der Waals surface area contributed by atoms with Crippen LogP contribution in [0.15, 0.2) is 11.1 Å². The van der Waals surface area contributed by atoms with E-state index in [1.54, 1.807) is 0 Å². The van der Waals surface area contributed by atoms with E-state index >= 15 is 0 Å². The minimum Gasteiger partial charge on any atom is -0.790 e. The standard InChI is InChI=1S/C10H16N5O13P3S/c11-10-13-7-4(8(18)14-10)12-2-15(7)9-6(17)5(16)3(26-9)1-25-30(22,23)28-31(24,32)27-29(19,20)21/h2-3,5-6,9,16-17H,1H2,(H,22,23)(H,24,32)(H2,19,20,21)(H3,11,13,14,18)/p-4. The molecule has 0 saturated carbocycles. The van der Waals surface area contributed by atoms with E-state index in [0.29, 0.717) is 0 Å². The normalized spacial score (nSPS) is 27.9. The highest BCUT2D eigenvalue weighted by Gasteiger charge is 2.45. The molecule has 0 spiro atoms. The molecule has 3 rings (SSSR count). The molecule has 0 aromatic carbocycles. The number of phosphoric ester groups is 1. The number of aliphatic hydroxyl groups is 2. The Kier molecular flexibility index (Phi) is 7.09. The van der Waals surface area contributed by atoms with E-state index in [1.165, 1.54) is 0 Å². The predicted octanol–water partition coefficient (Wildman–Crippen LogP) is -4.75. The lowest BCUT2D eigenvalue weighted by atomic mass is 10.1. The van der Waals surface area contributed by atoms with Crippen molar-refractivity contribution in [2.24, 2.45) is 0 Å². The summed E-state index contributed by atoms with van der Waals surface area (Å²) in [6.07, 6.45) is -5.38. The van der Waals surface area contributed by atoms with Gasteiger partial charge in [-0.2, -0.15) is 4.98 Å². The number of aromatic nitrogens is 4. The Hall–Kier alpha value is -1.14. The lowest BCUT2D eigenvalue weighted by molar-refractivity contribution is -0.337. The van der Waals surface area contributed by atoms with Crippen molar-refractivity contribution < 1.29 is 56.8 Å². The SMILES string of the molecule is Nc1nc2c(ncn2C2OC(COP(=O)([O-])OP([O-])(=S)OP(=O)([O-])[O-])C(O)C2O)c(=O)[nH]1. The Morgan fingerprint density at radius 3 is 2.53 bits per heavy atom. The van der Waals surface area contributed by atoms with Crippen molar-refractivity contribution in [2.45, 2.75) is 24.5 Å². The molecule has 0 bridgehead atoms. The van der Waals surface area contributed by atoms with E-state index < -0.39 is 59.1 Å². The Morgan fingerprint density at radius 1 is 1.25 bits per heavy atom. The van der Waals surface area contributed by atoms with Crippen LogP contribution in [-0.4, -0.2) is 54.7 Å². The number of H-pyrrole nitrogens is 1. The zero-order chi connectivity index (χ0) is 24.1. The summed E-state index contributed by atoms with van der Waals surface area (Å²) in [5, 5.41) is 20.4. The number of hydrogen-bond donors (Lipinski definition) is 4. The molecule has 0 radical (unpaired) electrons. The molecule has 22 heteroatoms. The molecule has 32 heavy (non-hydrogen) atoms. The minimum absolute atomic E-state index is 0.120. The number of nitrogen functional groups attached to an aromatic ring is 1. The largest absolute Gasteiger partial charge is 0.790 e. The van der Waals surface area contributed by atoms with Crippen molar-refractivity contribution in [1.82, 2.24) is 19.5 Å². The molecule has 0 aliphatic carbocycles. The fraction of sp³-hybridized carbons (Fsp3) is 0.500. The van der Waals surface area contributed by atoms with Gasteiger partial charge in [0.2, 0.25) is 5.95 Å². The highest BCUT2D eigenvalue weighted by Crippen LogP contribution is 2.60. The summed E-state index contributed by atoms with van der Waals surface area (Å²) in [6, 6.07) is 0. The predicted molar refractivity (Wildman–Crippen MR) is 96.1 cm³/mol. The summed E-state index contributed by atoms with van der Waals surface area (Å²) < 4.78 is 40.0. The van der Waals surface area contributed by atoms with Crippen molar-refractivity contribution in [2.75, 3.05) is 12.3 Å². The maximum Gasteiger partial charge on any atom is 0.280 e. The Morgan fingerprint density at radius 2 is 1.91 bits per heavy atom. The maximum absolute atomic E-state index is 11.8. The first-order valence-corrected chi connectivity index (χ1v) is 13.5. The van der Waals surface area contributed by atoms with Gasteiger partial charge < -0.3 is 53.7 Å². The molecule has 1 saturated heterocycles. The van der Waals surface area contributed by atoms with Gasteiger partial charge in [0.05, 0.1) is 20.8 Å². The smallest absolute Gasteiger partial charge is 0.280 e. The monoisotopic (exact) mass is 535 g/mol. The van der Waals surface area contributed by atoms with Gasteiger partial charge in [0.25, 0.3) is 13.4 Å². The van der Waals surface area contributed by atoms with Crippen molar-refractivity contribution in [3.05, 3.63) is 16.7 Å². The van der Waals surface area contributed by atoms with E-state index in [4.69, 9.17) is 10.5 Å². The van der Waals surface area contributed by atoms with E-state index in [1.807, 2.05) is 0 Å². The van der Waals surface area contributed by atoms with Crippen LogP contribution in [-0.2, 0) is 38.8 Å². The molecule has 6 atom stereocenters. The minimum atomic E-state index is -5.95. The van der Waals surface area contributed by atoms with Crippen molar-refractivity contribution in [1.29, 1.82) is 0 Å². The van der Waals surface area contributed by atoms with Gasteiger partial charge >= 0.3 is 0 Å². The van der Waals surface area contributed by atoms with Gasteiger partial charge in [-0.25, -0.2) is 4.98 Å². The van der Waals surface area contributed by atoms with Crippen LogP contribution in [0.3, 0.4) is 0 Å². The average molecular weight is 535 g/mol. The van der Waals surface area contributed by atoms with Crippen LogP contribution in [0.2, 0.25) is 0 Å². The molecule has 2 aromatic heterocycles. The van der Waals surface area contributed by atoms with E-state index in [0.717, 1.165) is 10.9 Å². The summed E-state index contributed by atoms with van der Waals surface area (Å²) in [6.45, 7) is -6.38. The third-order valence-electron chi connectivity index (χ3n) is 3.86. The fourth-order valence-corrected chi connectivity index (χ4v) is 7.01. The number of nitrogens with one attached hydrogen (secondary N) is 1. The van der Waals surface area contributed by atoms with Crippen LogP contribution in [0.25, 0.3) is 11.2 Å². The first kappa shape index (κ1) is 25.5. The van der Waals surface area contributed by atoms with Crippen LogP contribution < -0.4 is 30.9 Å². The van der Waals surface area contributed by atoms with Crippen molar-refractivity contribution in [3.63, 3.8) is 0 Å². The summed E-state index contributed by atoms with van der Waals surface area (Å²) in [5.41, 5.74) is 4.48. The van der Waals surface area contributed by atoms with E-state index in [2.05, 4.69) is 39.9 Å². The van der Waals surface area contributed by atoms with Crippen LogP contribution in [0.5, 0.6) is 0 Å². The highest BCUT2D eigenvalue weighted by atomic mass is 32.5. The number of nitrogens with two attached hydrogens (primary N) is 1. The molecule has 1 aliphatic rings. The molecule has 5 N–H and O–H groups in total. The first-order chi connectivity index (χ1) is 14.6. The molecule has 1 fully saturated rings.